The van der Waals surface area contributed by atoms with Crippen LogP contribution in [0, 0.1) is 11.8 Å². The molecule has 1 amide bonds. The first-order valence-corrected chi connectivity index (χ1v) is 7.28. The molecule has 1 saturated carbocycles. The fraction of sp³-hybridized carbons (Fsp3) is 0.571. The summed E-state index contributed by atoms with van der Waals surface area (Å²) in [5, 5.41) is 13.2. The molecule has 3 unspecified atom stereocenters. The lowest BCUT2D eigenvalue weighted by molar-refractivity contribution is 0.0752. The number of aliphatic hydroxyl groups is 1. The number of carbonyl (C=O) groups excluding carboxylic acids is 1. The summed E-state index contributed by atoms with van der Waals surface area (Å²) < 4.78 is 0. The van der Waals surface area contributed by atoms with Crippen molar-refractivity contribution in [3.05, 3.63) is 22.8 Å². The maximum Gasteiger partial charge on any atom is 0.255 e. The van der Waals surface area contributed by atoms with Crippen LogP contribution in [0.5, 0.6) is 0 Å². The molecule has 1 aliphatic heterocycles. The van der Waals surface area contributed by atoms with Crippen LogP contribution < -0.4 is 5.32 Å². The van der Waals surface area contributed by atoms with E-state index in [1.54, 1.807) is 19.3 Å². The number of aliphatic hydroxyl groups excluding tert-OH is 1. The number of anilines is 1. The van der Waals surface area contributed by atoms with E-state index in [1.807, 2.05) is 4.90 Å². The van der Waals surface area contributed by atoms with E-state index in [1.165, 1.54) is 0 Å². The molecule has 0 bridgehead atoms. The average Bonchev–Trinajstić information content (AvgIpc) is 3.00. The number of fused-ring (bicyclic) bond motifs is 1. The summed E-state index contributed by atoms with van der Waals surface area (Å²) in [6.07, 6.45) is 3.16. The topological polar surface area (TPSA) is 65.5 Å². The lowest BCUT2D eigenvalue weighted by atomic mass is 10.00. The van der Waals surface area contributed by atoms with Crippen LogP contribution in [0.25, 0.3) is 0 Å². The van der Waals surface area contributed by atoms with Crippen LogP contribution in [-0.4, -0.2) is 47.1 Å². The van der Waals surface area contributed by atoms with Gasteiger partial charge in [-0.15, -0.1) is 0 Å². The van der Waals surface area contributed by atoms with Gasteiger partial charge in [-0.05, 0) is 24.8 Å². The number of nitrogens with zero attached hydrogens (tertiary/aromatic N) is 2. The van der Waals surface area contributed by atoms with Gasteiger partial charge in [-0.1, -0.05) is 11.6 Å². The van der Waals surface area contributed by atoms with E-state index in [4.69, 9.17) is 11.6 Å². The molecule has 2 heterocycles. The van der Waals surface area contributed by atoms with Gasteiger partial charge in [0.25, 0.3) is 5.91 Å². The zero-order chi connectivity index (χ0) is 14.3. The molecule has 1 aliphatic carbocycles. The van der Waals surface area contributed by atoms with Crippen LogP contribution in [0.3, 0.4) is 0 Å². The van der Waals surface area contributed by atoms with Crippen molar-refractivity contribution in [3.63, 3.8) is 0 Å². The number of rotatable bonds is 2. The number of likely N-dealkylation sites (tertiary alicyclic amines) is 1. The number of halogens is 1. The Bertz CT molecular complexity index is 537. The number of nitrogens with one attached hydrogen (secondary N) is 1. The Morgan fingerprint density at radius 3 is 2.95 bits per heavy atom. The maximum absolute atomic E-state index is 12.5. The number of carbonyl (C=O) groups is 1. The molecule has 3 atom stereocenters. The van der Waals surface area contributed by atoms with Crippen molar-refractivity contribution in [2.24, 2.45) is 11.8 Å². The van der Waals surface area contributed by atoms with Gasteiger partial charge in [-0.25, -0.2) is 4.98 Å². The smallest absolute Gasteiger partial charge is 0.255 e. The van der Waals surface area contributed by atoms with Gasteiger partial charge in [0.15, 0.2) is 0 Å². The molecule has 2 N–H and O–H groups in total. The van der Waals surface area contributed by atoms with Gasteiger partial charge in [-0.2, -0.15) is 0 Å². The Balaban J connectivity index is 1.75. The molecule has 3 rings (SSSR count). The zero-order valence-electron chi connectivity index (χ0n) is 11.3. The van der Waals surface area contributed by atoms with Crippen LogP contribution in [-0.2, 0) is 0 Å². The van der Waals surface area contributed by atoms with Crippen LogP contribution in [0.2, 0.25) is 5.02 Å². The van der Waals surface area contributed by atoms with E-state index in [0.29, 0.717) is 28.9 Å². The summed E-state index contributed by atoms with van der Waals surface area (Å²) in [5.74, 6) is 1.19. The Morgan fingerprint density at radius 2 is 2.30 bits per heavy atom. The van der Waals surface area contributed by atoms with Crippen molar-refractivity contribution >= 4 is 23.3 Å². The second-order valence-electron chi connectivity index (χ2n) is 5.58. The fourth-order valence-corrected chi connectivity index (χ4v) is 3.58. The summed E-state index contributed by atoms with van der Waals surface area (Å²) in [5.41, 5.74) is 0.503. The average molecular weight is 296 g/mol. The van der Waals surface area contributed by atoms with Crippen molar-refractivity contribution < 1.29 is 9.90 Å². The number of hydrogen-bond acceptors (Lipinski definition) is 4. The molecule has 1 aromatic heterocycles. The van der Waals surface area contributed by atoms with E-state index in [9.17, 15) is 9.90 Å². The van der Waals surface area contributed by atoms with Gasteiger partial charge < -0.3 is 15.3 Å². The van der Waals surface area contributed by atoms with Gasteiger partial charge in [0, 0.05) is 32.3 Å². The Hall–Kier alpha value is -1.33. The third-order valence-electron chi connectivity index (χ3n) is 4.43. The number of aromatic nitrogens is 1. The van der Waals surface area contributed by atoms with Crippen molar-refractivity contribution in [1.29, 1.82) is 0 Å². The molecule has 0 aromatic carbocycles. The summed E-state index contributed by atoms with van der Waals surface area (Å²) in [7, 11) is 1.73. The zero-order valence-corrected chi connectivity index (χ0v) is 12.1. The van der Waals surface area contributed by atoms with Gasteiger partial charge in [0.1, 0.15) is 5.82 Å². The van der Waals surface area contributed by atoms with E-state index in [2.05, 4.69) is 10.3 Å². The van der Waals surface area contributed by atoms with Crippen molar-refractivity contribution in [2.45, 2.75) is 18.9 Å². The minimum Gasteiger partial charge on any atom is -0.393 e. The van der Waals surface area contributed by atoms with Crippen LogP contribution in [0.1, 0.15) is 23.2 Å². The number of amides is 1. The molecule has 20 heavy (non-hydrogen) atoms. The van der Waals surface area contributed by atoms with Crippen molar-refractivity contribution in [2.75, 3.05) is 25.5 Å². The van der Waals surface area contributed by atoms with Crippen LogP contribution >= 0.6 is 11.6 Å². The van der Waals surface area contributed by atoms with Crippen LogP contribution in [0.4, 0.5) is 5.82 Å². The number of hydrogen-bond donors (Lipinski definition) is 2. The summed E-state index contributed by atoms with van der Waals surface area (Å²) in [6, 6.07) is 1.65. The summed E-state index contributed by atoms with van der Waals surface area (Å²) in [6.45, 7) is 1.36. The second kappa shape index (κ2) is 5.22. The predicted molar refractivity (Wildman–Crippen MR) is 76.9 cm³/mol. The highest BCUT2D eigenvalue weighted by Crippen LogP contribution is 2.38. The Labute approximate surface area is 122 Å². The third kappa shape index (κ3) is 2.25. The summed E-state index contributed by atoms with van der Waals surface area (Å²) >= 11 is 6.06. The standard InChI is InChI=1S/C14H18ClN3O2/c1-16-13-11(15)4-9(5-17-13)14(20)18-6-8-2-3-12(19)10(8)7-18/h4-5,8,10,12,19H,2-3,6-7H2,1H3,(H,16,17). The first-order valence-electron chi connectivity index (χ1n) is 6.90. The highest BCUT2D eigenvalue weighted by Gasteiger charge is 2.43. The molecular formula is C14H18ClN3O2. The van der Waals surface area contributed by atoms with Gasteiger partial charge in [0.2, 0.25) is 0 Å². The van der Waals surface area contributed by atoms with E-state index >= 15 is 0 Å². The third-order valence-corrected chi connectivity index (χ3v) is 4.72. The lowest BCUT2D eigenvalue weighted by Gasteiger charge is -2.18. The monoisotopic (exact) mass is 295 g/mol. The van der Waals surface area contributed by atoms with E-state index in [0.717, 1.165) is 19.4 Å². The summed E-state index contributed by atoms with van der Waals surface area (Å²) in [4.78, 5) is 18.4. The molecule has 1 aromatic rings. The quantitative estimate of drug-likeness (QED) is 0.870. The maximum atomic E-state index is 12.5. The first kappa shape index (κ1) is 13.6. The first-order chi connectivity index (χ1) is 9.60. The molecular weight excluding hydrogens is 278 g/mol. The lowest BCUT2D eigenvalue weighted by Crippen LogP contribution is -2.31. The number of pyridine rings is 1. The van der Waals surface area contributed by atoms with Crippen LogP contribution in [0.15, 0.2) is 12.3 Å². The van der Waals surface area contributed by atoms with Gasteiger partial charge in [0.05, 0.1) is 16.7 Å². The fourth-order valence-electron chi connectivity index (χ4n) is 3.32. The SMILES string of the molecule is CNc1ncc(C(=O)N2CC3CCC(O)C3C2)cc1Cl. The Kier molecular flexibility index (Phi) is 3.56. The molecule has 0 spiro atoms. The van der Waals surface area contributed by atoms with Gasteiger partial charge >= 0.3 is 0 Å². The Morgan fingerprint density at radius 1 is 1.50 bits per heavy atom. The highest BCUT2D eigenvalue weighted by atomic mass is 35.5. The molecule has 5 nitrogen and oxygen atoms in total. The molecule has 108 valence electrons. The molecule has 1 saturated heterocycles. The normalized spacial score (nSPS) is 28.6. The minimum atomic E-state index is -0.258. The molecule has 6 heteroatoms. The predicted octanol–water partition coefficient (Wildman–Crippen LogP) is 1.62. The minimum absolute atomic E-state index is 0.0522. The highest BCUT2D eigenvalue weighted by molar-refractivity contribution is 6.33. The largest absolute Gasteiger partial charge is 0.393 e. The second-order valence-corrected chi connectivity index (χ2v) is 5.99. The van der Waals surface area contributed by atoms with E-state index in [-0.39, 0.29) is 17.9 Å². The van der Waals surface area contributed by atoms with E-state index < -0.39 is 0 Å². The molecule has 2 fully saturated rings. The van der Waals surface area contributed by atoms with Crippen molar-refractivity contribution in [3.8, 4) is 0 Å². The van der Waals surface area contributed by atoms with Crippen molar-refractivity contribution in [1.82, 2.24) is 9.88 Å². The molecule has 0 radical (unpaired) electrons. The molecule has 2 aliphatic rings. The van der Waals surface area contributed by atoms with Gasteiger partial charge in [-0.3, -0.25) is 4.79 Å².